The van der Waals surface area contributed by atoms with E-state index in [4.69, 9.17) is 0 Å². The second kappa shape index (κ2) is 3.17. The Morgan fingerprint density at radius 1 is 1.80 bits per heavy atom. The molecule has 1 aromatic rings. The van der Waals surface area contributed by atoms with Gasteiger partial charge in [0, 0.05) is 0 Å². The van der Waals surface area contributed by atoms with Crippen molar-refractivity contribution in [3.8, 4) is 0 Å². The Kier molecular flexibility index (Phi) is 2.82. The van der Waals surface area contributed by atoms with Crippen molar-refractivity contribution in [2.45, 2.75) is 6.92 Å². The highest BCUT2D eigenvalue weighted by atomic mass is 35.5. The van der Waals surface area contributed by atoms with E-state index in [0.717, 1.165) is 0 Å². The number of hydrogen-bond donors (Lipinski definition) is 1. The lowest BCUT2D eigenvalue weighted by Gasteiger charge is -1.87. The zero-order valence-corrected chi connectivity index (χ0v) is 6.01. The van der Waals surface area contributed by atoms with E-state index >= 15 is 0 Å². The maximum atomic E-state index is 10.0. The van der Waals surface area contributed by atoms with Crippen molar-refractivity contribution in [1.29, 1.82) is 0 Å². The minimum Gasteiger partial charge on any atom is -0.358 e. The SMILES string of the molecule is Cc1nc[nH]c1[N+](=O)[O-].Cl. The molecule has 0 radical (unpaired) electrons. The zero-order chi connectivity index (χ0) is 6.85. The van der Waals surface area contributed by atoms with Crippen LogP contribution in [0.4, 0.5) is 5.82 Å². The summed E-state index contributed by atoms with van der Waals surface area (Å²) in [5, 5.41) is 10.0. The summed E-state index contributed by atoms with van der Waals surface area (Å²) in [6.07, 6.45) is 1.30. The minimum atomic E-state index is -0.498. The Morgan fingerprint density at radius 2 is 2.40 bits per heavy atom. The quantitative estimate of drug-likeness (QED) is 0.497. The average Bonchev–Trinajstić information content (AvgIpc) is 2.13. The second-order valence-corrected chi connectivity index (χ2v) is 1.59. The fourth-order valence-corrected chi connectivity index (χ4v) is 0.541. The number of hydrogen-bond acceptors (Lipinski definition) is 3. The Hall–Kier alpha value is -1.10. The van der Waals surface area contributed by atoms with Crippen LogP contribution in [0.15, 0.2) is 6.33 Å². The normalized spacial score (nSPS) is 8.50. The average molecular weight is 164 g/mol. The largest absolute Gasteiger partial charge is 0.358 e. The Bertz CT molecular complexity index is 234. The molecule has 0 unspecified atom stereocenters. The number of nitrogens with zero attached hydrogens (tertiary/aromatic N) is 2. The highest BCUT2D eigenvalue weighted by Gasteiger charge is 2.08. The van der Waals surface area contributed by atoms with Crippen LogP contribution >= 0.6 is 12.4 Å². The van der Waals surface area contributed by atoms with Crippen molar-refractivity contribution in [2.75, 3.05) is 0 Å². The molecular formula is C4H6ClN3O2. The Labute approximate surface area is 63.0 Å². The molecule has 0 aliphatic heterocycles. The van der Waals surface area contributed by atoms with Gasteiger partial charge in [0.25, 0.3) is 0 Å². The third-order valence-corrected chi connectivity index (χ3v) is 0.985. The molecule has 6 heteroatoms. The maximum absolute atomic E-state index is 10.0. The fraction of sp³-hybridized carbons (Fsp3) is 0.250. The number of aryl methyl sites for hydroxylation is 1. The molecule has 0 aliphatic carbocycles. The summed E-state index contributed by atoms with van der Waals surface area (Å²) in [5.41, 5.74) is 0.417. The minimum absolute atomic E-state index is 0. The van der Waals surface area contributed by atoms with Gasteiger partial charge in [-0.3, -0.25) is 0 Å². The first-order valence-electron chi connectivity index (χ1n) is 2.36. The zero-order valence-electron chi connectivity index (χ0n) is 5.20. The van der Waals surface area contributed by atoms with Crippen LogP contribution in [0.5, 0.6) is 0 Å². The van der Waals surface area contributed by atoms with Crippen LogP contribution in [0, 0.1) is 17.0 Å². The third-order valence-electron chi connectivity index (χ3n) is 0.985. The predicted molar refractivity (Wildman–Crippen MR) is 37.2 cm³/mol. The number of aromatic amines is 1. The summed E-state index contributed by atoms with van der Waals surface area (Å²) in [7, 11) is 0. The molecule has 1 aromatic heterocycles. The third kappa shape index (κ3) is 1.44. The van der Waals surface area contributed by atoms with E-state index in [-0.39, 0.29) is 18.2 Å². The summed E-state index contributed by atoms with van der Waals surface area (Å²) < 4.78 is 0. The van der Waals surface area contributed by atoms with Gasteiger partial charge >= 0.3 is 5.82 Å². The maximum Gasteiger partial charge on any atom is 0.343 e. The molecule has 5 nitrogen and oxygen atoms in total. The number of rotatable bonds is 1. The second-order valence-electron chi connectivity index (χ2n) is 1.59. The van der Waals surface area contributed by atoms with Crippen LogP contribution in [0.1, 0.15) is 5.69 Å². The first kappa shape index (κ1) is 8.90. The predicted octanol–water partition coefficient (Wildman–Crippen LogP) is 1.05. The summed E-state index contributed by atoms with van der Waals surface area (Å²) in [6, 6.07) is 0. The number of H-pyrrole nitrogens is 1. The van der Waals surface area contributed by atoms with Crippen LogP contribution in [0.2, 0.25) is 0 Å². The van der Waals surface area contributed by atoms with Crippen LogP contribution in [0.25, 0.3) is 0 Å². The van der Waals surface area contributed by atoms with Gasteiger partial charge < -0.3 is 10.1 Å². The van der Waals surface area contributed by atoms with Crippen LogP contribution in [0.3, 0.4) is 0 Å². The molecule has 0 saturated carbocycles. The molecule has 10 heavy (non-hydrogen) atoms. The molecule has 1 rings (SSSR count). The van der Waals surface area contributed by atoms with Crippen molar-refractivity contribution in [2.24, 2.45) is 0 Å². The first-order chi connectivity index (χ1) is 4.22. The summed E-state index contributed by atoms with van der Waals surface area (Å²) in [6.45, 7) is 1.58. The molecule has 0 fully saturated rings. The number of imidazole rings is 1. The van der Waals surface area contributed by atoms with Gasteiger partial charge in [-0.05, 0) is 11.8 Å². The lowest BCUT2D eigenvalue weighted by Crippen LogP contribution is -1.89. The number of aromatic nitrogens is 2. The van der Waals surface area contributed by atoms with Gasteiger partial charge in [-0.1, -0.05) is 0 Å². The van der Waals surface area contributed by atoms with Gasteiger partial charge in [0.05, 0.1) is 0 Å². The van der Waals surface area contributed by atoms with Gasteiger partial charge in [0.2, 0.25) is 0 Å². The summed E-state index contributed by atoms with van der Waals surface area (Å²) in [5.74, 6) is -0.0324. The molecule has 1 N–H and O–H groups in total. The smallest absolute Gasteiger partial charge is 0.343 e. The van der Waals surface area contributed by atoms with Gasteiger partial charge in [-0.15, -0.1) is 12.4 Å². The number of nitro groups is 1. The standard InChI is InChI=1S/C4H5N3O2.ClH/c1-3-4(7(8)9)6-2-5-3;/h2H,1H3,(H,5,6);1H. The summed E-state index contributed by atoms with van der Waals surface area (Å²) in [4.78, 5) is 15.6. The Morgan fingerprint density at radius 3 is 2.60 bits per heavy atom. The van der Waals surface area contributed by atoms with E-state index in [1.54, 1.807) is 6.92 Å². The van der Waals surface area contributed by atoms with Crippen molar-refractivity contribution in [3.63, 3.8) is 0 Å². The van der Waals surface area contributed by atoms with E-state index in [0.29, 0.717) is 5.69 Å². The molecule has 56 valence electrons. The molecule has 0 amide bonds. The molecule has 0 aliphatic rings. The van der Waals surface area contributed by atoms with Gasteiger partial charge in [-0.2, -0.15) is 0 Å². The molecule has 0 spiro atoms. The van der Waals surface area contributed by atoms with Crippen molar-refractivity contribution in [1.82, 2.24) is 9.97 Å². The van der Waals surface area contributed by atoms with Crippen molar-refractivity contribution < 1.29 is 4.92 Å². The van der Waals surface area contributed by atoms with E-state index in [1.165, 1.54) is 6.33 Å². The van der Waals surface area contributed by atoms with E-state index in [2.05, 4.69) is 9.97 Å². The molecular weight excluding hydrogens is 158 g/mol. The van der Waals surface area contributed by atoms with Crippen molar-refractivity contribution in [3.05, 3.63) is 22.1 Å². The lowest BCUT2D eigenvalue weighted by molar-refractivity contribution is -0.389. The highest BCUT2D eigenvalue weighted by molar-refractivity contribution is 5.85. The van der Waals surface area contributed by atoms with Gasteiger partial charge in [-0.25, -0.2) is 9.97 Å². The van der Waals surface area contributed by atoms with Crippen LogP contribution in [-0.2, 0) is 0 Å². The highest BCUT2D eigenvalue weighted by Crippen LogP contribution is 2.08. The number of nitrogens with one attached hydrogen (secondary N) is 1. The lowest BCUT2D eigenvalue weighted by atomic mass is 10.5. The van der Waals surface area contributed by atoms with Gasteiger partial charge in [0.1, 0.15) is 5.69 Å². The van der Waals surface area contributed by atoms with Crippen LogP contribution in [-0.4, -0.2) is 14.9 Å². The topological polar surface area (TPSA) is 71.8 Å². The van der Waals surface area contributed by atoms with E-state index in [9.17, 15) is 10.1 Å². The van der Waals surface area contributed by atoms with E-state index in [1.807, 2.05) is 0 Å². The monoisotopic (exact) mass is 163 g/mol. The number of halogens is 1. The summed E-state index contributed by atoms with van der Waals surface area (Å²) >= 11 is 0. The van der Waals surface area contributed by atoms with Crippen LogP contribution < -0.4 is 0 Å². The molecule has 0 aromatic carbocycles. The van der Waals surface area contributed by atoms with Crippen molar-refractivity contribution >= 4 is 18.2 Å². The fourth-order valence-electron chi connectivity index (χ4n) is 0.541. The van der Waals surface area contributed by atoms with Gasteiger partial charge in [0.15, 0.2) is 6.33 Å². The molecule has 1 heterocycles. The van der Waals surface area contributed by atoms with E-state index < -0.39 is 4.92 Å². The first-order valence-corrected chi connectivity index (χ1v) is 2.36. The molecule has 0 bridgehead atoms. The Balaban J connectivity index is 0.000000810. The molecule has 0 atom stereocenters. The molecule has 0 saturated heterocycles.